The monoisotopic (exact) mass is 410 g/mol. The van der Waals surface area contributed by atoms with Crippen LogP contribution in [0.4, 0.5) is 0 Å². The molecule has 0 aromatic carbocycles. The molecule has 0 fully saturated rings. The summed E-state index contributed by atoms with van der Waals surface area (Å²) in [4.78, 5) is 10.4. The third-order valence-electron chi connectivity index (χ3n) is 4.30. The lowest BCUT2D eigenvalue weighted by atomic mass is 10.2. The van der Waals surface area contributed by atoms with Gasteiger partial charge in [-0.2, -0.15) is 0 Å². The number of aliphatic carboxylic acids is 1. The first kappa shape index (κ1) is 27.6. The molecule has 0 atom stereocenters. The molecule has 30 heavy (non-hydrogen) atoms. The van der Waals surface area contributed by atoms with E-state index in [-0.39, 0.29) is 6.42 Å². The minimum absolute atomic E-state index is 0.209. The van der Waals surface area contributed by atoms with E-state index in [1.807, 2.05) is 12.2 Å². The number of carbonyl (C=O) groups is 1. The van der Waals surface area contributed by atoms with Crippen LogP contribution in [0.2, 0.25) is 0 Å². The van der Waals surface area contributed by atoms with Crippen molar-refractivity contribution in [3.63, 3.8) is 0 Å². The molecule has 0 saturated heterocycles. The molecule has 0 aromatic rings. The van der Waals surface area contributed by atoms with Gasteiger partial charge in [0.15, 0.2) is 0 Å². The number of unbranched alkanes of at least 4 members (excludes halogenated alkanes) is 3. The van der Waals surface area contributed by atoms with Crippen molar-refractivity contribution >= 4 is 5.97 Å². The minimum Gasteiger partial charge on any atom is -0.481 e. The van der Waals surface area contributed by atoms with Crippen molar-refractivity contribution in [1.29, 1.82) is 0 Å². The van der Waals surface area contributed by atoms with Gasteiger partial charge in [-0.15, -0.1) is 0 Å². The second-order valence-corrected chi connectivity index (χ2v) is 7.14. The van der Waals surface area contributed by atoms with Crippen LogP contribution >= 0.6 is 0 Å². The third kappa shape index (κ3) is 25.6. The summed E-state index contributed by atoms with van der Waals surface area (Å²) in [6.45, 7) is 2.24. The van der Waals surface area contributed by atoms with E-state index < -0.39 is 5.97 Å². The van der Waals surface area contributed by atoms with E-state index in [0.29, 0.717) is 6.42 Å². The molecule has 1 N–H and O–H groups in total. The van der Waals surface area contributed by atoms with Crippen LogP contribution in [0.25, 0.3) is 0 Å². The highest BCUT2D eigenvalue weighted by atomic mass is 16.4. The summed E-state index contributed by atoms with van der Waals surface area (Å²) in [7, 11) is 0. The SMILES string of the molecule is CCCCC/C=C\C/C=C\C/C=C\C/C=C\C/C=C\C/C=C\C/C=C\CCC(=O)O. The molecular weight excluding hydrogens is 368 g/mol. The summed E-state index contributed by atoms with van der Waals surface area (Å²) in [5.74, 6) is -0.741. The lowest BCUT2D eigenvalue weighted by Gasteiger charge is -1.90. The molecule has 2 nitrogen and oxygen atoms in total. The Hall–Kier alpha value is -2.35. The Labute approximate surface area is 185 Å². The zero-order valence-corrected chi connectivity index (χ0v) is 18.9. The first-order chi connectivity index (χ1) is 14.8. The van der Waals surface area contributed by atoms with Gasteiger partial charge in [-0.05, 0) is 57.8 Å². The molecule has 2 heteroatoms. The number of allylic oxidation sites excluding steroid dienone is 14. The van der Waals surface area contributed by atoms with Gasteiger partial charge in [-0.1, -0.05) is 105 Å². The van der Waals surface area contributed by atoms with Crippen LogP contribution in [0.1, 0.15) is 84.0 Å². The smallest absolute Gasteiger partial charge is 0.303 e. The van der Waals surface area contributed by atoms with Crippen molar-refractivity contribution in [3.8, 4) is 0 Å². The fourth-order valence-electron chi connectivity index (χ4n) is 2.58. The van der Waals surface area contributed by atoms with Crippen LogP contribution in [-0.2, 0) is 4.79 Å². The summed E-state index contributed by atoms with van der Waals surface area (Å²) in [6, 6.07) is 0. The van der Waals surface area contributed by atoms with Gasteiger partial charge in [-0.25, -0.2) is 0 Å². The Morgan fingerprint density at radius 2 is 0.867 bits per heavy atom. The predicted octanol–water partition coefficient (Wildman–Crippen LogP) is 8.67. The largest absolute Gasteiger partial charge is 0.481 e. The predicted molar refractivity (Wildman–Crippen MR) is 133 cm³/mol. The van der Waals surface area contributed by atoms with Crippen LogP contribution in [0, 0.1) is 0 Å². The van der Waals surface area contributed by atoms with Crippen molar-refractivity contribution in [2.24, 2.45) is 0 Å². The van der Waals surface area contributed by atoms with E-state index in [1.54, 1.807) is 0 Å². The highest BCUT2D eigenvalue weighted by Crippen LogP contribution is 2.01. The third-order valence-corrected chi connectivity index (χ3v) is 4.30. The van der Waals surface area contributed by atoms with Gasteiger partial charge in [0.05, 0.1) is 0 Å². The molecule has 0 aliphatic rings. The van der Waals surface area contributed by atoms with Gasteiger partial charge in [0.2, 0.25) is 0 Å². The normalized spacial score (nSPS) is 13.1. The minimum atomic E-state index is -0.741. The van der Waals surface area contributed by atoms with Gasteiger partial charge in [-0.3, -0.25) is 4.79 Å². The molecule has 0 aliphatic heterocycles. The summed E-state index contributed by atoms with van der Waals surface area (Å²) in [6.07, 6.45) is 42.3. The average molecular weight is 411 g/mol. The van der Waals surface area contributed by atoms with Crippen LogP contribution in [0.15, 0.2) is 85.1 Å². The second-order valence-electron chi connectivity index (χ2n) is 7.14. The van der Waals surface area contributed by atoms with Crippen molar-refractivity contribution in [3.05, 3.63) is 85.1 Å². The lowest BCUT2D eigenvalue weighted by molar-refractivity contribution is -0.136. The first-order valence-corrected chi connectivity index (χ1v) is 11.5. The molecule has 0 heterocycles. The number of rotatable bonds is 19. The maximum atomic E-state index is 10.4. The van der Waals surface area contributed by atoms with Crippen LogP contribution in [-0.4, -0.2) is 11.1 Å². The Balaban J connectivity index is 3.53. The highest BCUT2D eigenvalue weighted by molar-refractivity contribution is 5.66. The van der Waals surface area contributed by atoms with Crippen molar-refractivity contribution in [2.45, 2.75) is 84.0 Å². The Morgan fingerprint density at radius 1 is 0.533 bits per heavy atom. The number of hydrogen-bond donors (Lipinski definition) is 1. The highest BCUT2D eigenvalue weighted by Gasteiger charge is 1.90. The van der Waals surface area contributed by atoms with E-state index in [4.69, 9.17) is 5.11 Å². The Bertz CT molecular complexity index is 586. The van der Waals surface area contributed by atoms with Crippen molar-refractivity contribution < 1.29 is 9.90 Å². The zero-order valence-electron chi connectivity index (χ0n) is 18.9. The molecule has 0 saturated carbocycles. The molecular formula is C28H42O2. The van der Waals surface area contributed by atoms with E-state index in [1.165, 1.54) is 25.7 Å². The summed E-state index contributed by atoms with van der Waals surface area (Å²) in [5.41, 5.74) is 0. The molecule has 0 spiro atoms. The van der Waals surface area contributed by atoms with Crippen LogP contribution in [0.5, 0.6) is 0 Å². The quantitative estimate of drug-likeness (QED) is 0.171. The fraction of sp³-hybridized carbons (Fsp3) is 0.464. The molecule has 0 bridgehead atoms. The molecule has 0 radical (unpaired) electrons. The van der Waals surface area contributed by atoms with Gasteiger partial charge in [0.25, 0.3) is 0 Å². The zero-order chi connectivity index (χ0) is 22.0. The van der Waals surface area contributed by atoms with Crippen molar-refractivity contribution in [2.75, 3.05) is 0 Å². The molecule has 0 unspecified atom stereocenters. The van der Waals surface area contributed by atoms with Crippen LogP contribution in [0.3, 0.4) is 0 Å². The summed E-state index contributed by atoms with van der Waals surface area (Å²) in [5, 5.41) is 8.53. The topological polar surface area (TPSA) is 37.3 Å². The maximum Gasteiger partial charge on any atom is 0.303 e. The maximum absolute atomic E-state index is 10.4. The fourth-order valence-corrected chi connectivity index (χ4v) is 2.58. The average Bonchev–Trinajstić information content (AvgIpc) is 2.73. The van der Waals surface area contributed by atoms with E-state index >= 15 is 0 Å². The first-order valence-electron chi connectivity index (χ1n) is 11.5. The molecule has 0 aliphatic carbocycles. The molecule has 0 aromatic heterocycles. The van der Waals surface area contributed by atoms with Gasteiger partial charge in [0, 0.05) is 6.42 Å². The molecule has 0 rings (SSSR count). The van der Waals surface area contributed by atoms with Gasteiger partial charge < -0.3 is 5.11 Å². The summed E-state index contributed by atoms with van der Waals surface area (Å²) < 4.78 is 0. The standard InChI is InChI=1S/C28H42O2/c1-2-3-4-5-6-7-8-9-10-11-12-13-14-15-16-17-18-19-20-21-22-23-24-25-26-27-28(29)30/h6-7,9-10,12-13,15-16,18-19,21-22,24-25H,2-5,8,11,14,17,20,23,26-27H2,1H3,(H,29,30)/b7-6-,10-9-,13-12-,16-15-,19-18-,22-21-,25-24-. The number of carboxylic acid groups (broad SMARTS) is 1. The summed E-state index contributed by atoms with van der Waals surface area (Å²) >= 11 is 0. The van der Waals surface area contributed by atoms with Gasteiger partial charge >= 0.3 is 5.97 Å². The molecule has 166 valence electrons. The molecule has 0 amide bonds. The van der Waals surface area contributed by atoms with E-state index in [9.17, 15) is 4.79 Å². The second kappa shape index (κ2) is 24.7. The number of hydrogen-bond acceptors (Lipinski definition) is 1. The van der Waals surface area contributed by atoms with Crippen LogP contribution < -0.4 is 0 Å². The number of carboxylic acids is 1. The van der Waals surface area contributed by atoms with E-state index in [2.05, 4.69) is 79.8 Å². The lowest BCUT2D eigenvalue weighted by Crippen LogP contribution is -1.91. The van der Waals surface area contributed by atoms with Gasteiger partial charge in [0.1, 0.15) is 0 Å². The Kier molecular flexibility index (Phi) is 22.8. The van der Waals surface area contributed by atoms with Crippen molar-refractivity contribution in [1.82, 2.24) is 0 Å². The van der Waals surface area contributed by atoms with E-state index in [0.717, 1.165) is 38.5 Å². The Morgan fingerprint density at radius 3 is 1.20 bits per heavy atom.